The van der Waals surface area contributed by atoms with Crippen molar-refractivity contribution in [3.8, 4) is 0 Å². The number of cyclic esters (lactones) is 1. The van der Waals surface area contributed by atoms with E-state index < -0.39 is 42.5 Å². The molecule has 3 amide bonds. The number of nitrogens with one attached hydrogen (secondary N) is 1. The first-order valence-corrected chi connectivity index (χ1v) is 11.7. The van der Waals surface area contributed by atoms with Crippen LogP contribution in [0.1, 0.15) is 42.3 Å². The molecule has 4 rings (SSSR count). The number of urea groups is 1. The van der Waals surface area contributed by atoms with Gasteiger partial charge in [0.2, 0.25) is 0 Å². The molecule has 2 unspecified atom stereocenters. The molecule has 188 valence electrons. The van der Waals surface area contributed by atoms with Crippen molar-refractivity contribution in [2.75, 3.05) is 32.8 Å². The molecule has 0 radical (unpaired) electrons. The van der Waals surface area contributed by atoms with Crippen molar-refractivity contribution in [2.24, 2.45) is 0 Å². The van der Waals surface area contributed by atoms with Gasteiger partial charge in [-0.1, -0.05) is 18.2 Å². The molecule has 10 heteroatoms. The molecule has 2 N–H and O–H groups in total. The molecule has 0 aliphatic carbocycles. The van der Waals surface area contributed by atoms with Gasteiger partial charge < -0.3 is 20.1 Å². The number of carbonyl (C=O) groups is 2. The van der Waals surface area contributed by atoms with Gasteiger partial charge in [0.15, 0.2) is 17.7 Å². The van der Waals surface area contributed by atoms with Crippen LogP contribution in [0.3, 0.4) is 0 Å². The summed E-state index contributed by atoms with van der Waals surface area (Å²) in [5.41, 5.74) is 1.29. The number of piperidine rings is 1. The Bertz CT molecular complexity index is 1040. The second kappa shape index (κ2) is 11.1. The maximum absolute atomic E-state index is 13.7. The van der Waals surface area contributed by atoms with Gasteiger partial charge in [0.1, 0.15) is 11.9 Å². The van der Waals surface area contributed by atoms with Crippen LogP contribution in [0.2, 0.25) is 0 Å². The third kappa shape index (κ3) is 5.76. The second-order valence-electron chi connectivity index (χ2n) is 8.85. The highest BCUT2D eigenvalue weighted by Gasteiger charge is 2.46. The lowest BCUT2D eigenvalue weighted by Gasteiger charge is -2.32. The summed E-state index contributed by atoms with van der Waals surface area (Å²) in [7, 11) is 0. The van der Waals surface area contributed by atoms with E-state index in [1.165, 1.54) is 18.2 Å². The Hall–Kier alpha value is -3.11. The summed E-state index contributed by atoms with van der Waals surface area (Å²) in [5.74, 6) is -2.02. The van der Waals surface area contributed by atoms with Crippen LogP contribution in [0, 0.1) is 17.5 Å². The zero-order valence-corrected chi connectivity index (χ0v) is 19.1. The Morgan fingerprint density at radius 1 is 1.03 bits per heavy atom. The molecule has 2 fully saturated rings. The van der Waals surface area contributed by atoms with Crippen molar-refractivity contribution in [3.05, 3.63) is 71.0 Å². The molecule has 2 aliphatic rings. The minimum Gasteiger partial charge on any atom is -0.441 e. The molecule has 35 heavy (non-hydrogen) atoms. The number of nitrogens with zero attached hydrogens (tertiary/aromatic N) is 2. The zero-order chi connectivity index (χ0) is 24.9. The highest BCUT2D eigenvalue weighted by atomic mass is 19.2. The highest BCUT2D eigenvalue weighted by molar-refractivity contribution is 5.93. The average molecular weight is 492 g/mol. The molecule has 0 aromatic heterocycles. The van der Waals surface area contributed by atoms with E-state index >= 15 is 0 Å². The molecule has 7 nitrogen and oxygen atoms in total. The lowest BCUT2D eigenvalue weighted by molar-refractivity contribution is 0.0827. The van der Waals surface area contributed by atoms with Crippen molar-refractivity contribution in [2.45, 2.75) is 37.3 Å². The van der Waals surface area contributed by atoms with Crippen LogP contribution < -0.4 is 5.32 Å². The lowest BCUT2D eigenvalue weighted by Crippen LogP contribution is -2.44. The van der Waals surface area contributed by atoms with E-state index in [4.69, 9.17) is 4.74 Å². The normalized spacial score (nSPS) is 21.3. The quantitative estimate of drug-likeness (QED) is 0.574. The number of benzene rings is 2. The number of rotatable bonds is 7. The minimum atomic E-state index is -1.12. The standard InChI is InChI=1S/C25H28F3N3O4/c26-19-5-2-16(3-6-19)17-8-12-30(13-9-17)11-1-10-29-24(33)31-23(22(15-32)35-25(31)34)18-4-7-20(27)21(28)14-18/h2-7,14,17,22-23,32H,1,8-13,15H2,(H,29,33). The molecule has 0 bridgehead atoms. The fourth-order valence-corrected chi connectivity index (χ4v) is 4.74. The van der Waals surface area contributed by atoms with Crippen LogP contribution in [-0.2, 0) is 4.74 Å². The summed E-state index contributed by atoms with van der Waals surface area (Å²) in [6.07, 6.45) is 0.543. The average Bonchev–Trinajstić information content (AvgIpc) is 3.20. The van der Waals surface area contributed by atoms with E-state index in [0.29, 0.717) is 18.9 Å². The van der Waals surface area contributed by atoms with Crippen LogP contribution >= 0.6 is 0 Å². The summed E-state index contributed by atoms with van der Waals surface area (Å²) >= 11 is 0. The Labute approximate surface area is 201 Å². The second-order valence-corrected chi connectivity index (χ2v) is 8.85. The van der Waals surface area contributed by atoms with Crippen LogP contribution in [0.4, 0.5) is 22.8 Å². The summed E-state index contributed by atoms with van der Waals surface area (Å²) in [5, 5.41) is 12.3. The fraction of sp³-hybridized carbons (Fsp3) is 0.440. The van der Waals surface area contributed by atoms with Crippen LogP contribution in [-0.4, -0.2) is 65.9 Å². The molecular weight excluding hydrogens is 463 g/mol. The molecule has 2 aromatic rings. The molecule has 0 spiro atoms. The van der Waals surface area contributed by atoms with Gasteiger partial charge >= 0.3 is 12.1 Å². The number of aliphatic hydroxyl groups is 1. The largest absolute Gasteiger partial charge is 0.441 e. The van der Waals surface area contributed by atoms with E-state index in [1.54, 1.807) is 0 Å². The SMILES string of the molecule is O=C(NCCCN1CCC(c2ccc(F)cc2)CC1)N1C(=O)OC(CO)C1c1ccc(F)c(F)c1. The van der Waals surface area contributed by atoms with Crippen molar-refractivity contribution < 1.29 is 32.6 Å². The smallest absolute Gasteiger partial charge is 0.419 e. The Morgan fingerprint density at radius 2 is 1.71 bits per heavy atom. The van der Waals surface area contributed by atoms with Crippen molar-refractivity contribution in [1.29, 1.82) is 0 Å². The van der Waals surface area contributed by atoms with E-state index in [2.05, 4.69) is 10.2 Å². The van der Waals surface area contributed by atoms with Gasteiger partial charge in [-0.3, -0.25) is 0 Å². The van der Waals surface area contributed by atoms with Crippen molar-refractivity contribution >= 4 is 12.1 Å². The van der Waals surface area contributed by atoms with Crippen LogP contribution in [0.5, 0.6) is 0 Å². The number of carbonyl (C=O) groups excluding carboxylic acids is 2. The number of likely N-dealkylation sites (tertiary alicyclic amines) is 1. The van der Waals surface area contributed by atoms with Crippen LogP contribution in [0.15, 0.2) is 42.5 Å². The van der Waals surface area contributed by atoms with Crippen LogP contribution in [0.25, 0.3) is 0 Å². The predicted molar refractivity (Wildman–Crippen MR) is 121 cm³/mol. The summed E-state index contributed by atoms with van der Waals surface area (Å²) in [6.45, 7) is 2.27. The van der Waals surface area contributed by atoms with Crippen molar-refractivity contribution in [1.82, 2.24) is 15.1 Å². The van der Waals surface area contributed by atoms with E-state index in [1.807, 2.05) is 12.1 Å². The maximum atomic E-state index is 13.7. The van der Waals surface area contributed by atoms with Crippen molar-refractivity contribution in [3.63, 3.8) is 0 Å². The zero-order valence-electron chi connectivity index (χ0n) is 19.1. The summed E-state index contributed by atoms with van der Waals surface area (Å²) < 4.78 is 45.3. The first kappa shape index (κ1) is 25.0. The molecule has 0 saturated carbocycles. The Morgan fingerprint density at radius 3 is 2.37 bits per heavy atom. The van der Waals surface area contributed by atoms with Gasteiger partial charge in [-0.25, -0.2) is 27.7 Å². The highest BCUT2D eigenvalue weighted by Crippen LogP contribution is 2.34. The molecular formula is C25H28F3N3O4. The first-order chi connectivity index (χ1) is 16.9. The molecule has 2 aliphatic heterocycles. The van der Waals surface area contributed by atoms with E-state index in [0.717, 1.165) is 55.1 Å². The lowest BCUT2D eigenvalue weighted by atomic mass is 9.89. The fourth-order valence-electron chi connectivity index (χ4n) is 4.74. The predicted octanol–water partition coefficient (Wildman–Crippen LogP) is 3.94. The topological polar surface area (TPSA) is 82.1 Å². The third-order valence-electron chi connectivity index (χ3n) is 6.62. The van der Waals surface area contributed by atoms with Gasteiger partial charge in [-0.15, -0.1) is 0 Å². The number of halogens is 3. The van der Waals surface area contributed by atoms with Gasteiger partial charge in [0.05, 0.1) is 6.61 Å². The molecule has 2 atom stereocenters. The summed E-state index contributed by atoms with van der Waals surface area (Å²) in [6, 6.07) is 7.89. The number of ether oxygens (including phenoxy) is 1. The first-order valence-electron chi connectivity index (χ1n) is 11.7. The molecule has 2 aromatic carbocycles. The van der Waals surface area contributed by atoms with Gasteiger partial charge in [0, 0.05) is 6.54 Å². The maximum Gasteiger partial charge on any atom is 0.419 e. The molecule has 2 saturated heterocycles. The molecule has 2 heterocycles. The van der Waals surface area contributed by atoms with Gasteiger partial charge in [0.25, 0.3) is 0 Å². The number of imide groups is 1. The number of amides is 3. The van der Waals surface area contributed by atoms with E-state index in [-0.39, 0.29) is 11.4 Å². The van der Waals surface area contributed by atoms with Gasteiger partial charge in [-0.05, 0) is 80.2 Å². The minimum absolute atomic E-state index is 0.146. The van der Waals surface area contributed by atoms with E-state index in [9.17, 15) is 27.9 Å². The van der Waals surface area contributed by atoms with Gasteiger partial charge in [-0.2, -0.15) is 0 Å². The summed E-state index contributed by atoms with van der Waals surface area (Å²) in [4.78, 5) is 28.1. The number of hydrogen-bond acceptors (Lipinski definition) is 5. The number of hydrogen-bond donors (Lipinski definition) is 2. The Balaban J connectivity index is 1.26. The Kier molecular flexibility index (Phi) is 7.92. The number of aliphatic hydroxyl groups excluding tert-OH is 1. The third-order valence-corrected chi connectivity index (χ3v) is 6.62. The monoisotopic (exact) mass is 491 g/mol.